The molecule has 0 radical (unpaired) electrons. The minimum atomic E-state index is -6.85. The number of rotatable bonds is 7. The van der Waals surface area contributed by atoms with Gasteiger partial charge in [-0.1, -0.05) is 0 Å². The highest BCUT2D eigenvalue weighted by Crippen LogP contribution is 2.38. The Labute approximate surface area is 137 Å². The fourth-order valence-electron chi connectivity index (χ4n) is 1.37. The maximum absolute atomic E-state index is 12.5. The van der Waals surface area contributed by atoms with E-state index in [2.05, 4.69) is 0 Å². The van der Waals surface area contributed by atoms with Gasteiger partial charge in [0, 0.05) is 13.0 Å². The lowest BCUT2D eigenvalue weighted by atomic mass is 10.2. The van der Waals surface area contributed by atoms with Gasteiger partial charge >= 0.3 is 11.0 Å². The fourth-order valence-corrected chi connectivity index (χ4v) is 4.90. The number of hydrogen-bond donors (Lipinski definition) is 3. The number of aliphatic hydroxyl groups excluding tert-OH is 1. The number of alkyl halides is 6. The molecule has 1 atom stereocenters. The summed E-state index contributed by atoms with van der Waals surface area (Å²) in [6.45, 7) is -0.112. The van der Waals surface area contributed by atoms with Gasteiger partial charge in [-0.25, -0.2) is 16.8 Å². The van der Waals surface area contributed by atoms with E-state index in [0.717, 1.165) is 6.92 Å². The molecular formula is C9H12F6N2O6S2. The van der Waals surface area contributed by atoms with Crippen LogP contribution in [-0.4, -0.2) is 61.8 Å². The number of halogens is 6. The van der Waals surface area contributed by atoms with Crippen molar-refractivity contribution >= 4 is 31.3 Å². The maximum Gasteiger partial charge on any atom is 0.498 e. The summed E-state index contributed by atoms with van der Waals surface area (Å²) in [5.41, 5.74) is -13.3. The van der Waals surface area contributed by atoms with Crippen LogP contribution in [0.3, 0.4) is 0 Å². The van der Waals surface area contributed by atoms with Crippen molar-refractivity contribution in [3.8, 4) is 0 Å². The third kappa shape index (κ3) is 5.53. The van der Waals surface area contributed by atoms with Gasteiger partial charge in [0.05, 0.1) is 11.8 Å². The molecule has 0 rings (SSSR count). The van der Waals surface area contributed by atoms with Gasteiger partial charge in [-0.3, -0.25) is 10.2 Å². The predicted octanol–water partition coefficient (Wildman–Crippen LogP) is 0.0886. The highest BCUT2D eigenvalue weighted by Gasteiger charge is 2.63. The van der Waals surface area contributed by atoms with Crippen LogP contribution in [0.1, 0.15) is 13.3 Å². The zero-order valence-electron chi connectivity index (χ0n) is 12.1. The van der Waals surface area contributed by atoms with Gasteiger partial charge in [0.2, 0.25) is 0 Å². The van der Waals surface area contributed by atoms with E-state index < -0.39 is 66.0 Å². The molecule has 148 valence electrons. The van der Waals surface area contributed by atoms with Crippen molar-refractivity contribution in [1.82, 2.24) is 5.32 Å². The van der Waals surface area contributed by atoms with E-state index in [0.29, 0.717) is 0 Å². The van der Waals surface area contributed by atoms with Crippen molar-refractivity contribution in [1.29, 1.82) is 5.41 Å². The van der Waals surface area contributed by atoms with Crippen LogP contribution in [0, 0.1) is 5.41 Å². The molecule has 0 aromatic rings. The molecule has 25 heavy (non-hydrogen) atoms. The number of carbonyl (C=O) groups is 1. The molecule has 0 fully saturated rings. The predicted molar refractivity (Wildman–Crippen MR) is 70.8 cm³/mol. The Hall–Kier alpha value is -1.42. The van der Waals surface area contributed by atoms with Gasteiger partial charge in [0.25, 0.3) is 25.6 Å². The van der Waals surface area contributed by atoms with Crippen molar-refractivity contribution in [2.24, 2.45) is 0 Å². The van der Waals surface area contributed by atoms with Crippen molar-refractivity contribution < 1.29 is 53.1 Å². The molecule has 0 saturated carbocycles. The van der Waals surface area contributed by atoms with Crippen LogP contribution in [0.25, 0.3) is 0 Å². The van der Waals surface area contributed by atoms with Crippen LogP contribution in [0.15, 0.2) is 0 Å². The van der Waals surface area contributed by atoms with E-state index in [9.17, 15) is 53.1 Å². The summed E-state index contributed by atoms with van der Waals surface area (Å²) in [4.78, 5) is 11.0. The second kappa shape index (κ2) is 7.45. The number of hydrogen-bond acceptors (Lipinski definition) is 7. The molecule has 1 unspecified atom stereocenters. The Balaban J connectivity index is 5.75. The quantitative estimate of drug-likeness (QED) is 0.392. The largest absolute Gasteiger partial charge is 0.498 e. The summed E-state index contributed by atoms with van der Waals surface area (Å²) in [7, 11) is -13.7. The van der Waals surface area contributed by atoms with E-state index in [1.165, 1.54) is 0 Å². The molecule has 8 nitrogen and oxygen atoms in total. The molecule has 0 bridgehead atoms. The summed E-state index contributed by atoms with van der Waals surface area (Å²) in [6.07, 6.45) is -4.39. The summed E-state index contributed by atoms with van der Waals surface area (Å²) >= 11 is 0. The zero-order valence-corrected chi connectivity index (χ0v) is 13.8. The van der Waals surface area contributed by atoms with Crippen molar-refractivity contribution in [2.45, 2.75) is 35.0 Å². The summed E-state index contributed by atoms with van der Waals surface area (Å²) < 4.78 is 116. The number of carbonyl (C=O) groups excluding carboxylic acids is 1. The highest BCUT2D eigenvalue weighted by molar-refractivity contribution is 8.09. The molecule has 0 aromatic carbocycles. The molecule has 0 aromatic heterocycles. The second-order valence-corrected chi connectivity index (χ2v) is 9.18. The first-order valence-electron chi connectivity index (χ1n) is 5.97. The van der Waals surface area contributed by atoms with Crippen LogP contribution < -0.4 is 5.32 Å². The van der Waals surface area contributed by atoms with E-state index in [4.69, 9.17) is 5.41 Å². The third-order valence-electron chi connectivity index (χ3n) is 2.64. The van der Waals surface area contributed by atoms with Crippen molar-refractivity contribution in [3.63, 3.8) is 0 Å². The highest BCUT2D eigenvalue weighted by atomic mass is 32.3. The van der Waals surface area contributed by atoms with Crippen LogP contribution in [0.4, 0.5) is 26.3 Å². The Kier molecular flexibility index (Phi) is 7.02. The number of nitrogens with one attached hydrogen (secondary N) is 2. The van der Waals surface area contributed by atoms with Gasteiger partial charge in [-0.15, -0.1) is 0 Å². The van der Waals surface area contributed by atoms with Crippen LogP contribution >= 0.6 is 0 Å². The SMILES string of the molecule is CC(=N)C(=O)NCC(O)CC(S(=O)(=O)C(F)(F)F)S(=O)(=O)C(F)(F)F. The lowest BCUT2D eigenvalue weighted by Crippen LogP contribution is -2.47. The van der Waals surface area contributed by atoms with E-state index >= 15 is 0 Å². The molecular weight excluding hydrogens is 410 g/mol. The number of sulfone groups is 2. The zero-order chi connectivity index (χ0) is 20.4. The minimum Gasteiger partial charge on any atom is -0.391 e. The maximum atomic E-state index is 12.5. The average molecular weight is 422 g/mol. The normalized spacial score (nSPS) is 15.1. The molecule has 0 spiro atoms. The van der Waals surface area contributed by atoms with Crippen LogP contribution in [0.5, 0.6) is 0 Å². The Morgan fingerprint density at radius 2 is 1.40 bits per heavy atom. The molecule has 0 aliphatic rings. The van der Waals surface area contributed by atoms with Gasteiger partial charge in [-0.05, 0) is 6.92 Å². The summed E-state index contributed by atoms with van der Waals surface area (Å²) in [6, 6.07) is 0. The van der Waals surface area contributed by atoms with Crippen molar-refractivity contribution in [2.75, 3.05) is 6.54 Å². The summed E-state index contributed by atoms with van der Waals surface area (Å²) in [5.74, 6) is -1.16. The Morgan fingerprint density at radius 3 is 1.68 bits per heavy atom. The topological polar surface area (TPSA) is 141 Å². The van der Waals surface area contributed by atoms with E-state index in [1.807, 2.05) is 0 Å². The van der Waals surface area contributed by atoms with E-state index in [1.54, 1.807) is 5.32 Å². The lowest BCUT2D eigenvalue weighted by molar-refractivity contribution is -0.115. The third-order valence-corrected chi connectivity index (χ3v) is 7.22. The van der Waals surface area contributed by atoms with Gasteiger partial charge in [0.15, 0.2) is 4.58 Å². The number of aliphatic hydroxyl groups is 1. The van der Waals surface area contributed by atoms with Gasteiger partial charge in [-0.2, -0.15) is 26.3 Å². The Bertz CT molecular complexity index is 683. The first-order valence-corrected chi connectivity index (χ1v) is 9.06. The molecule has 0 heterocycles. The Morgan fingerprint density at radius 1 is 1.04 bits per heavy atom. The molecule has 3 N–H and O–H groups in total. The molecule has 0 aliphatic carbocycles. The second-order valence-electron chi connectivity index (χ2n) is 4.64. The first-order chi connectivity index (χ1) is 10.9. The molecule has 1 amide bonds. The smallest absolute Gasteiger partial charge is 0.391 e. The minimum absolute atomic E-state index is 0.630. The van der Waals surface area contributed by atoms with Crippen LogP contribution in [-0.2, 0) is 24.5 Å². The molecule has 16 heteroatoms. The fraction of sp³-hybridized carbons (Fsp3) is 0.778. The summed E-state index contributed by atoms with van der Waals surface area (Å²) in [5, 5.41) is 17.9. The lowest BCUT2D eigenvalue weighted by Gasteiger charge is -2.23. The first kappa shape index (κ1) is 23.6. The molecule has 0 saturated heterocycles. The van der Waals surface area contributed by atoms with Crippen molar-refractivity contribution in [3.05, 3.63) is 0 Å². The average Bonchev–Trinajstić information content (AvgIpc) is 2.38. The van der Waals surface area contributed by atoms with E-state index in [-0.39, 0.29) is 0 Å². The number of amides is 1. The van der Waals surface area contributed by atoms with Gasteiger partial charge < -0.3 is 10.4 Å². The molecule has 0 aliphatic heterocycles. The van der Waals surface area contributed by atoms with Crippen LogP contribution in [0.2, 0.25) is 0 Å². The standard InChI is InChI=1S/C9H12F6N2O6S2/c1-4(16)7(19)17-3-5(18)2-6(24(20,21)8(10,11)12)25(22,23)9(13,14)15/h5-6,16,18H,2-3H2,1H3,(H,17,19). The monoisotopic (exact) mass is 422 g/mol. The van der Waals surface area contributed by atoms with Gasteiger partial charge in [0.1, 0.15) is 0 Å².